The van der Waals surface area contributed by atoms with Crippen LogP contribution in [0.2, 0.25) is 0 Å². The molecule has 0 saturated heterocycles. The summed E-state index contributed by atoms with van der Waals surface area (Å²) < 4.78 is 0. The Kier molecular flexibility index (Phi) is 4.50. The highest BCUT2D eigenvalue weighted by Gasteiger charge is 2.07. The molecule has 1 aromatic heterocycles. The van der Waals surface area contributed by atoms with Crippen molar-refractivity contribution in [3.8, 4) is 11.3 Å². The summed E-state index contributed by atoms with van der Waals surface area (Å²) in [4.78, 5) is 4.73. The second kappa shape index (κ2) is 6.12. The van der Waals surface area contributed by atoms with E-state index in [1.54, 1.807) is 11.3 Å². The first-order valence-electron chi connectivity index (χ1n) is 6.37. The summed E-state index contributed by atoms with van der Waals surface area (Å²) in [5.41, 5.74) is 5.00. The van der Waals surface area contributed by atoms with Gasteiger partial charge < -0.3 is 5.32 Å². The van der Waals surface area contributed by atoms with Crippen molar-refractivity contribution in [2.45, 2.75) is 26.7 Å². The van der Waals surface area contributed by atoms with Crippen LogP contribution in [0.25, 0.3) is 11.3 Å². The van der Waals surface area contributed by atoms with Crippen molar-refractivity contribution in [1.82, 2.24) is 10.3 Å². The molecule has 1 aromatic carbocycles. The van der Waals surface area contributed by atoms with Gasteiger partial charge in [0.15, 0.2) is 0 Å². The van der Waals surface area contributed by atoms with E-state index in [1.807, 2.05) is 7.05 Å². The predicted molar refractivity (Wildman–Crippen MR) is 79.3 cm³/mol. The summed E-state index contributed by atoms with van der Waals surface area (Å²) in [7, 11) is 1.99. The zero-order chi connectivity index (χ0) is 13.0. The quantitative estimate of drug-likeness (QED) is 0.831. The first kappa shape index (κ1) is 13.2. The van der Waals surface area contributed by atoms with E-state index in [9.17, 15) is 0 Å². The van der Waals surface area contributed by atoms with Gasteiger partial charge in [0.05, 0.1) is 10.7 Å². The minimum Gasteiger partial charge on any atom is -0.320 e. The largest absolute Gasteiger partial charge is 0.320 e. The fraction of sp³-hybridized carbons (Fsp3) is 0.400. The van der Waals surface area contributed by atoms with Crippen molar-refractivity contribution in [2.75, 3.05) is 13.6 Å². The molecule has 0 aliphatic heterocycles. The Hall–Kier alpha value is -1.19. The molecule has 0 aliphatic carbocycles. The molecule has 0 bridgehead atoms. The molecular weight excluding hydrogens is 240 g/mol. The van der Waals surface area contributed by atoms with Gasteiger partial charge in [-0.3, -0.25) is 0 Å². The van der Waals surface area contributed by atoms with Crippen molar-refractivity contribution in [3.63, 3.8) is 0 Å². The molecule has 18 heavy (non-hydrogen) atoms. The van der Waals surface area contributed by atoms with Crippen LogP contribution in [0.5, 0.6) is 0 Å². The van der Waals surface area contributed by atoms with E-state index in [4.69, 9.17) is 4.98 Å². The highest BCUT2D eigenvalue weighted by Crippen LogP contribution is 2.26. The van der Waals surface area contributed by atoms with E-state index in [1.165, 1.54) is 21.7 Å². The van der Waals surface area contributed by atoms with Crippen molar-refractivity contribution in [3.05, 3.63) is 39.7 Å². The van der Waals surface area contributed by atoms with Gasteiger partial charge in [0.2, 0.25) is 0 Å². The first-order valence-corrected chi connectivity index (χ1v) is 7.25. The lowest BCUT2D eigenvalue weighted by molar-refractivity contribution is 0.722. The third kappa shape index (κ3) is 3.18. The molecule has 0 spiro atoms. The Morgan fingerprint density at radius 2 is 2.11 bits per heavy atom. The number of aryl methyl sites for hydroxylation is 3. The van der Waals surface area contributed by atoms with Gasteiger partial charge in [-0.25, -0.2) is 4.98 Å². The third-order valence-electron chi connectivity index (χ3n) is 3.03. The SMILES string of the molecule is CNCCCc1nc(-c2ccc(C)cc2C)cs1. The Morgan fingerprint density at radius 1 is 1.28 bits per heavy atom. The molecule has 3 heteroatoms. The second-order valence-corrected chi connectivity index (χ2v) is 5.59. The van der Waals surface area contributed by atoms with Crippen LogP contribution in [-0.4, -0.2) is 18.6 Å². The topological polar surface area (TPSA) is 24.9 Å². The van der Waals surface area contributed by atoms with Crippen LogP contribution in [-0.2, 0) is 6.42 Å². The number of hydrogen-bond donors (Lipinski definition) is 1. The van der Waals surface area contributed by atoms with Crippen molar-refractivity contribution in [2.24, 2.45) is 0 Å². The van der Waals surface area contributed by atoms with E-state index in [-0.39, 0.29) is 0 Å². The monoisotopic (exact) mass is 260 g/mol. The highest BCUT2D eigenvalue weighted by atomic mass is 32.1. The molecule has 0 amide bonds. The summed E-state index contributed by atoms with van der Waals surface area (Å²) in [6.45, 7) is 5.34. The van der Waals surface area contributed by atoms with Crippen molar-refractivity contribution >= 4 is 11.3 Å². The molecule has 2 aromatic rings. The zero-order valence-corrected chi connectivity index (χ0v) is 12.1. The van der Waals surface area contributed by atoms with Crippen molar-refractivity contribution in [1.29, 1.82) is 0 Å². The van der Waals surface area contributed by atoms with Crippen LogP contribution in [0.1, 0.15) is 22.6 Å². The van der Waals surface area contributed by atoms with Gasteiger partial charge in [-0.2, -0.15) is 0 Å². The maximum Gasteiger partial charge on any atom is 0.0933 e. The van der Waals surface area contributed by atoms with Gasteiger partial charge >= 0.3 is 0 Å². The minimum atomic E-state index is 1.05. The summed E-state index contributed by atoms with van der Waals surface area (Å²) in [5, 5.41) is 6.58. The molecule has 0 saturated carbocycles. The lowest BCUT2D eigenvalue weighted by Gasteiger charge is -2.03. The maximum absolute atomic E-state index is 4.73. The van der Waals surface area contributed by atoms with Crippen LogP contribution in [0.3, 0.4) is 0 Å². The molecule has 0 fully saturated rings. The minimum absolute atomic E-state index is 1.05. The lowest BCUT2D eigenvalue weighted by atomic mass is 10.0. The van der Waals surface area contributed by atoms with Crippen LogP contribution < -0.4 is 5.32 Å². The Bertz CT molecular complexity index is 517. The van der Waals surface area contributed by atoms with Gasteiger partial charge in [0.25, 0.3) is 0 Å². The molecule has 0 aliphatic rings. The highest BCUT2D eigenvalue weighted by molar-refractivity contribution is 7.09. The molecule has 96 valence electrons. The van der Waals surface area contributed by atoms with Gasteiger partial charge in [-0.15, -0.1) is 11.3 Å². The molecule has 0 radical (unpaired) electrons. The third-order valence-corrected chi connectivity index (χ3v) is 3.94. The molecule has 1 heterocycles. The number of benzene rings is 1. The lowest BCUT2D eigenvalue weighted by Crippen LogP contribution is -2.08. The molecule has 0 atom stereocenters. The number of aromatic nitrogens is 1. The van der Waals surface area contributed by atoms with Gasteiger partial charge in [0.1, 0.15) is 0 Å². The average Bonchev–Trinajstić information content (AvgIpc) is 2.78. The van der Waals surface area contributed by atoms with Crippen LogP contribution in [0.15, 0.2) is 23.6 Å². The van der Waals surface area contributed by atoms with Gasteiger partial charge in [-0.1, -0.05) is 23.8 Å². The molecular formula is C15H20N2S. The van der Waals surface area contributed by atoms with Crippen LogP contribution in [0, 0.1) is 13.8 Å². The van der Waals surface area contributed by atoms with Crippen LogP contribution >= 0.6 is 11.3 Å². The fourth-order valence-corrected chi connectivity index (χ4v) is 2.91. The van der Waals surface area contributed by atoms with Crippen molar-refractivity contribution < 1.29 is 0 Å². The summed E-state index contributed by atoms with van der Waals surface area (Å²) in [5.74, 6) is 0. The maximum atomic E-state index is 4.73. The molecule has 1 N–H and O–H groups in total. The predicted octanol–water partition coefficient (Wildman–Crippen LogP) is 3.58. The summed E-state index contributed by atoms with van der Waals surface area (Å²) in [6, 6.07) is 6.55. The fourth-order valence-electron chi connectivity index (χ4n) is 2.07. The number of nitrogens with one attached hydrogen (secondary N) is 1. The Labute approximate surface area is 113 Å². The number of nitrogens with zero attached hydrogens (tertiary/aromatic N) is 1. The number of thiazole rings is 1. The number of hydrogen-bond acceptors (Lipinski definition) is 3. The van der Waals surface area contributed by atoms with E-state index >= 15 is 0 Å². The van der Waals surface area contributed by atoms with Gasteiger partial charge in [0, 0.05) is 17.4 Å². The van der Waals surface area contributed by atoms with Gasteiger partial charge in [-0.05, 0) is 39.4 Å². The van der Waals surface area contributed by atoms with E-state index in [0.29, 0.717) is 0 Å². The summed E-state index contributed by atoms with van der Waals surface area (Å²) >= 11 is 1.77. The Balaban J connectivity index is 2.13. The van der Waals surface area contributed by atoms with E-state index in [2.05, 4.69) is 42.7 Å². The Morgan fingerprint density at radius 3 is 2.83 bits per heavy atom. The smallest absolute Gasteiger partial charge is 0.0933 e. The zero-order valence-electron chi connectivity index (χ0n) is 11.3. The normalized spacial score (nSPS) is 10.8. The molecule has 2 rings (SSSR count). The standard InChI is InChI=1S/C15H20N2S/c1-11-6-7-13(12(2)9-11)14-10-18-15(17-14)5-4-8-16-3/h6-7,9-10,16H,4-5,8H2,1-3H3. The molecule has 0 unspecified atom stereocenters. The second-order valence-electron chi connectivity index (χ2n) is 4.65. The number of rotatable bonds is 5. The molecule has 2 nitrogen and oxygen atoms in total. The van der Waals surface area contributed by atoms with E-state index in [0.717, 1.165) is 25.1 Å². The van der Waals surface area contributed by atoms with E-state index < -0.39 is 0 Å². The average molecular weight is 260 g/mol. The summed E-state index contributed by atoms with van der Waals surface area (Å²) in [6.07, 6.45) is 2.22. The van der Waals surface area contributed by atoms with Crippen LogP contribution in [0.4, 0.5) is 0 Å². The first-order chi connectivity index (χ1) is 8.70.